The number of rotatable bonds is 5. The molecule has 2 aromatic carbocycles. The van der Waals surface area contributed by atoms with Gasteiger partial charge in [0.05, 0.1) is 11.0 Å². The Bertz CT molecular complexity index is 651. The van der Waals surface area contributed by atoms with E-state index in [2.05, 4.69) is 17.4 Å². The topological polar surface area (TPSA) is 55.2 Å². The summed E-state index contributed by atoms with van der Waals surface area (Å²) in [5.74, 6) is 0.617. The van der Waals surface area contributed by atoms with Gasteiger partial charge in [-0.05, 0) is 36.8 Å². The van der Waals surface area contributed by atoms with Crippen LogP contribution in [-0.2, 0) is 0 Å². The van der Waals surface area contributed by atoms with Crippen LogP contribution in [0.1, 0.15) is 30.0 Å². The van der Waals surface area contributed by atoms with Crippen LogP contribution in [-0.4, -0.2) is 4.92 Å². The Balaban J connectivity index is 1.90. The number of nitro groups is 1. The molecule has 4 heteroatoms. The summed E-state index contributed by atoms with van der Waals surface area (Å²) in [5.41, 5.74) is 3.25. The van der Waals surface area contributed by atoms with Gasteiger partial charge in [-0.25, -0.2) is 0 Å². The summed E-state index contributed by atoms with van der Waals surface area (Å²) >= 11 is 0. The fourth-order valence-electron chi connectivity index (χ4n) is 2.61. The molecule has 21 heavy (non-hydrogen) atoms. The summed E-state index contributed by atoms with van der Waals surface area (Å²) in [6, 6.07) is 15.5. The average Bonchev–Trinajstić information content (AvgIpc) is 3.31. The van der Waals surface area contributed by atoms with Gasteiger partial charge in [0.15, 0.2) is 0 Å². The molecule has 4 nitrogen and oxygen atoms in total. The number of non-ortho nitro benzene ring substituents is 1. The summed E-state index contributed by atoms with van der Waals surface area (Å²) < 4.78 is 0. The number of hydrogen-bond donors (Lipinski definition) is 1. The minimum absolute atomic E-state index is 0.130. The van der Waals surface area contributed by atoms with E-state index in [1.165, 1.54) is 18.4 Å². The van der Waals surface area contributed by atoms with Gasteiger partial charge in [0.25, 0.3) is 5.69 Å². The third kappa shape index (κ3) is 3.05. The van der Waals surface area contributed by atoms with Crippen LogP contribution in [0.25, 0.3) is 0 Å². The predicted molar refractivity (Wildman–Crippen MR) is 83.4 cm³/mol. The maximum absolute atomic E-state index is 10.9. The second-order valence-corrected chi connectivity index (χ2v) is 5.63. The van der Waals surface area contributed by atoms with Crippen molar-refractivity contribution in [3.63, 3.8) is 0 Å². The molecule has 1 atom stereocenters. The number of aryl methyl sites for hydroxylation is 1. The van der Waals surface area contributed by atoms with Gasteiger partial charge in [-0.1, -0.05) is 36.4 Å². The molecule has 0 radical (unpaired) electrons. The molecule has 0 saturated heterocycles. The monoisotopic (exact) mass is 282 g/mol. The SMILES string of the molecule is Cc1ccc([N+](=O)[O-])cc1NC(c1ccccc1)C1CC1. The minimum atomic E-state index is -0.348. The molecule has 1 fully saturated rings. The van der Waals surface area contributed by atoms with Crippen molar-refractivity contribution < 1.29 is 4.92 Å². The highest BCUT2D eigenvalue weighted by atomic mass is 16.6. The van der Waals surface area contributed by atoms with Gasteiger partial charge in [-0.3, -0.25) is 10.1 Å². The highest BCUT2D eigenvalue weighted by Crippen LogP contribution is 2.43. The number of nitrogens with zero attached hydrogens (tertiary/aromatic N) is 1. The lowest BCUT2D eigenvalue weighted by atomic mass is 10.0. The summed E-state index contributed by atoms with van der Waals surface area (Å²) in [7, 11) is 0. The van der Waals surface area contributed by atoms with Crippen LogP contribution in [0.5, 0.6) is 0 Å². The lowest BCUT2D eigenvalue weighted by Crippen LogP contribution is -2.13. The van der Waals surface area contributed by atoms with Crippen molar-refractivity contribution in [2.45, 2.75) is 25.8 Å². The highest BCUT2D eigenvalue weighted by Gasteiger charge is 2.32. The molecule has 1 N–H and O–H groups in total. The van der Waals surface area contributed by atoms with E-state index in [9.17, 15) is 10.1 Å². The summed E-state index contributed by atoms with van der Waals surface area (Å²) in [6.45, 7) is 1.97. The summed E-state index contributed by atoms with van der Waals surface area (Å²) in [4.78, 5) is 10.6. The number of anilines is 1. The zero-order chi connectivity index (χ0) is 14.8. The van der Waals surface area contributed by atoms with E-state index < -0.39 is 0 Å². The van der Waals surface area contributed by atoms with Gasteiger partial charge < -0.3 is 5.32 Å². The van der Waals surface area contributed by atoms with Crippen LogP contribution < -0.4 is 5.32 Å². The molecular weight excluding hydrogens is 264 g/mol. The fraction of sp³-hybridized carbons (Fsp3) is 0.294. The molecule has 3 rings (SSSR count). The second-order valence-electron chi connectivity index (χ2n) is 5.63. The number of nitrogens with one attached hydrogen (secondary N) is 1. The standard InChI is InChI=1S/C17H18N2O2/c1-12-7-10-15(19(20)21)11-16(12)18-17(14-8-9-14)13-5-3-2-4-6-13/h2-7,10-11,14,17-18H,8-9H2,1H3. The van der Waals surface area contributed by atoms with E-state index in [0.29, 0.717) is 5.92 Å². The predicted octanol–water partition coefficient (Wildman–Crippen LogP) is 4.47. The quantitative estimate of drug-likeness (QED) is 0.650. The number of hydrogen-bond acceptors (Lipinski definition) is 3. The Morgan fingerprint density at radius 3 is 2.52 bits per heavy atom. The van der Waals surface area contributed by atoms with Crippen LogP contribution in [0, 0.1) is 23.0 Å². The van der Waals surface area contributed by atoms with Crippen LogP contribution >= 0.6 is 0 Å². The van der Waals surface area contributed by atoms with Crippen LogP contribution in [0.4, 0.5) is 11.4 Å². The van der Waals surface area contributed by atoms with Crippen LogP contribution in [0.3, 0.4) is 0 Å². The molecule has 2 aromatic rings. The summed E-state index contributed by atoms with van der Waals surface area (Å²) in [6.07, 6.45) is 2.42. The largest absolute Gasteiger partial charge is 0.378 e. The minimum Gasteiger partial charge on any atom is -0.378 e. The van der Waals surface area contributed by atoms with Gasteiger partial charge in [0, 0.05) is 17.8 Å². The van der Waals surface area contributed by atoms with E-state index in [1.54, 1.807) is 18.2 Å². The molecule has 0 amide bonds. The smallest absolute Gasteiger partial charge is 0.271 e. The van der Waals surface area contributed by atoms with E-state index in [0.717, 1.165) is 11.3 Å². The zero-order valence-electron chi connectivity index (χ0n) is 12.0. The maximum Gasteiger partial charge on any atom is 0.271 e. The lowest BCUT2D eigenvalue weighted by molar-refractivity contribution is -0.384. The normalized spacial score (nSPS) is 15.5. The Hall–Kier alpha value is -2.36. The molecule has 1 saturated carbocycles. The Morgan fingerprint density at radius 2 is 1.90 bits per heavy atom. The first-order valence-corrected chi connectivity index (χ1v) is 7.21. The lowest BCUT2D eigenvalue weighted by Gasteiger charge is -2.21. The molecule has 108 valence electrons. The van der Waals surface area contributed by atoms with E-state index in [-0.39, 0.29) is 16.7 Å². The second kappa shape index (κ2) is 5.56. The highest BCUT2D eigenvalue weighted by molar-refractivity contribution is 5.58. The molecule has 0 heterocycles. The molecule has 0 spiro atoms. The van der Waals surface area contributed by atoms with Crippen molar-refractivity contribution >= 4 is 11.4 Å². The van der Waals surface area contributed by atoms with Crippen molar-refractivity contribution in [3.05, 3.63) is 69.8 Å². The van der Waals surface area contributed by atoms with E-state index in [1.807, 2.05) is 25.1 Å². The molecule has 0 aliphatic heterocycles. The Morgan fingerprint density at radius 1 is 1.19 bits per heavy atom. The average molecular weight is 282 g/mol. The van der Waals surface area contributed by atoms with Gasteiger partial charge in [0.1, 0.15) is 0 Å². The molecule has 0 bridgehead atoms. The van der Waals surface area contributed by atoms with Crippen LogP contribution in [0.2, 0.25) is 0 Å². The fourth-order valence-corrected chi connectivity index (χ4v) is 2.61. The number of nitro benzene ring substituents is 1. The van der Waals surface area contributed by atoms with E-state index in [4.69, 9.17) is 0 Å². The van der Waals surface area contributed by atoms with Gasteiger partial charge in [-0.15, -0.1) is 0 Å². The molecule has 1 aliphatic carbocycles. The van der Waals surface area contributed by atoms with E-state index >= 15 is 0 Å². The molecule has 1 aliphatic rings. The Kier molecular flexibility index (Phi) is 3.60. The van der Waals surface area contributed by atoms with Gasteiger partial charge in [0.2, 0.25) is 0 Å². The third-order valence-corrected chi connectivity index (χ3v) is 4.00. The van der Waals surface area contributed by atoms with Crippen molar-refractivity contribution in [3.8, 4) is 0 Å². The van der Waals surface area contributed by atoms with Gasteiger partial charge >= 0.3 is 0 Å². The first-order valence-electron chi connectivity index (χ1n) is 7.21. The van der Waals surface area contributed by atoms with Crippen molar-refractivity contribution in [1.29, 1.82) is 0 Å². The van der Waals surface area contributed by atoms with Crippen molar-refractivity contribution in [2.75, 3.05) is 5.32 Å². The first-order chi connectivity index (χ1) is 10.1. The van der Waals surface area contributed by atoms with Gasteiger partial charge in [-0.2, -0.15) is 0 Å². The first kappa shape index (κ1) is 13.6. The summed E-state index contributed by atoms with van der Waals surface area (Å²) in [5, 5.41) is 14.5. The number of benzene rings is 2. The maximum atomic E-state index is 10.9. The van der Waals surface area contributed by atoms with Crippen LogP contribution in [0.15, 0.2) is 48.5 Å². The third-order valence-electron chi connectivity index (χ3n) is 4.00. The molecular formula is C17H18N2O2. The Labute approximate surface area is 124 Å². The molecule has 1 unspecified atom stereocenters. The zero-order valence-corrected chi connectivity index (χ0v) is 12.0. The molecule has 0 aromatic heterocycles. The van der Waals surface area contributed by atoms with Crippen molar-refractivity contribution in [2.24, 2.45) is 5.92 Å². The van der Waals surface area contributed by atoms with Crippen molar-refractivity contribution in [1.82, 2.24) is 0 Å².